The van der Waals surface area contributed by atoms with E-state index in [0.29, 0.717) is 19.0 Å². The molecule has 4 nitrogen and oxygen atoms in total. The summed E-state index contributed by atoms with van der Waals surface area (Å²) < 4.78 is 26.0. The Morgan fingerprint density at radius 2 is 1.89 bits per heavy atom. The minimum absolute atomic E-state index is 0.277. The van der Waals surface area contributed by atoms with Crippen LogP contribution in [0.2, 0.25) is 0 Å². The average molecular weight is 268 g/mol. The molecule has 0 aliphatic heterocycles. The predicted octanol–water partition coefficient (Wildman–Crippen LogP) is 1.71. The third-order valence-electron chi connectivity index (χ3n) is 3.23. The maximum atomic E-state index is 12.3. The first-order valence-electron chi connectivity index (χ1n) is 6.36. The number of sulfonamides is 1. The van der Waals surface area contributed by atoms with Gasteiger partial charge < -0.3 is 5.73 Å². The Hall–Kier alpha value is -1.07. The quantitative estimate of drug-likeness (QED) is 0.854. The summed E-state index contributed by atoms with van der Waals surface area (Å²) in [5.41, 5.74) is 7.28. The van der Waals surface area contributed by atoms with Gasteiger partial charge in [0.15, 0.2) is 0 Å². The lowest BCUT2D eigenvalue weighted by atomic mass is 10.2. The molecule has 0 aromatic heterocycles. The Balaban J connectivity index is 2.20. The van der Waals surface area contributed by atoms with E-state index < -0.39 is 10.0 Å². The molecule has 0 bridgehead atoms. The molecule has 18 heavy (non-hydrogen) atoms. The normalized spacial score (nSPS) is 15.7. The topological polar surface area (TPSA) is 63.4 Å². The molecule has 1 aliphatic carbocycles. The molecule has 0 saturated heterocycles. The van der Waals surface area contributed by atoms with E-state index >= 15 is 0 Å². The lowest BCUT2D eigenvalue weighted by Crippen LogP contribution is -2.33. The van der Waals surface area contributed by atoms with E-state index in [1.54, 1.807) is 0 Å². The van der Waals surface area contributed by atoms with Crippen LogP contribution in [-0.4, -0.2) is 20.7 Å². The van der Waals surface area contributed by atoms with Crippen LogP contribution in [0.15, 0.2) is 24.3 Å². The summed E-state index contributed by atoms with van der Waals surface area (Å²) in [6.45, 7) is 2.81. The maximum Gasteiger partial charge on any atom is 0.235 e. The zero-order chi connectivity index (χ0) is 13.2. The molecule has 0 unspecified atom stereocenters. The zero-order valence-corrected chi connectivity index (χ0v) is 11.5. The maximum absolute atomic E-state index is 12.3. The van der Waals surface area contributed by atoms with Crippen LogP contribution in [-0.2, 0) is 16.6 Å². The molecule has 2 N–H and O–H groups in total. The Kier molecular flexibility index (Phi) is 3.92. The molecule has 100 valence electrons. The van der Waals surface area contributed by atoms with Crippen LogP contribution in [0.1, 0.15) is 25.3 Å². The lowest BCUT2D eigenvalue weighted by Gasteiger charge is -2.23. The van der Waals surface area contributed by atoms with Gasteiger partial charge in [-0.15, -0.1) is 0 Å². The Morgan fingerprint density at radius 3 is 2.33 bits per heavy atom. The van der Waals surface area contributed by atoms with Crippen molar-refractivity contribution in [1.82, 2.24) is 0 Å². The van der Waals surface area contributed by atoms with Crippen LogP contribution in [0, 0.1) is 5.92 Å². The molecule has 0 atom stereocenters. The van der Waals surface area contributed by atoms with E-state index in [1.165, 1.54) is 4.31 Å². The number of rotatable bonds is 6. The molecule has 1 saturated carbocycles. The molecule has 0 spiro atoms. The predicted molar refractivity (Wildman–Crippen MR) is 73.9 cm³/mol. The summed E-state index contributed by atoms with van der Waals surface area (Å²) in [5, 5.41) is 0. The third kappa shape index (κ3) is 3.03. The smallest absolute Gasteiger partial charge is 0.235 e. The number of nitrogens with two attached hydrogens (primary N) is 1. The van der Waals surface area contributed by atoms with Gasteiger partial charge in [0.25, 0.3) is 0 Å². The van der Waals surface area contributed by atoms with Crippen molar-refractivity contribution < 1.29 is 8.42 Å². The van der Waals surface area contributed by atoms with Crippen LogP contribution in [0.3, 0.4) is 0 Å². The molecule has 0 heterocycles. The van der Waals surface area contributed by atoms with E-state index in [4.69, 9.17) is 5.73 Å². The van der Waals surface area contributed by atoms with E-state index in [0.717, 1.165) is 24.1 Å². The standard InChI is InChI=1S/C13H20N2O2S/c1-2-15(18(16,17)10-12-3-4-12)13-7-5-11(9-14)6-8-13/h5-8,12H,2-4,9-10,14H2,1H3. The van der Waals surface area contributed by atoms with Crippen LogP contribution in [0.5, 0.6) is 0 Å². The van der Waals surface area contributed by atoms with Crippen molar-refractivity contribution in [3.8, 4) is 0 Å². The summed E-state index contributed by atoms with van der Waals surface area (Å²) in [6, 6.07) is 7.42. The summed E-state index contributed by atoms with van der Waals surface area (Å²) in [4.78, 5) is 0. The number of nitrogens with zero attached hydrogens (tertiary/aromatic N) is 1. The lowest BCUT2D eigenvalue weighted by molar-refractivity contribution is 0.588. The highest BCUT2D eigenvalue weighted by atomic mass is 32.2. The molecule has 1 aromatic rings. The summed E-state index contributed by atoms with van der Waals surface area (Å²) in [6.07, 6.45) is 2.09. The number of hydrogen-bond donors (Lipinski definition) is 1. The van der Waals surface area contributed by atoms with Gasteiger partial charge in [0.05, 0.1) is 11.4 Å². The molecule has 1 aromatic carbocycles. The minimum atomic E-state index is -3.18. The van der Waals surface area contributed by atoms with E-state index in [9.17, 15) is 8.42 Å². The van der Waals surface area contributed by atoms with Gasteiger partial charge in [0.2, 0.25) is 10.0 Å². The molecular weight excluding hydrogens is 248 g/mol. The first kappa shape index (κ1) is 13.4. The van der Waals surface area contributed by atoms with Crippen LogP contribution in [0.4, 0.5) is 5.69 Å². The number of anilines is 1. The van der Waals surface area contributed by atoms with Gasteiger partial charge in [0.1, 0.15) is 0 Å². The van der Waals surface area contributed by atoms with Gasteiger partial charge in [-0.3, -0.25) is 4.31 Å². The molecule has 1 fully saturated rings. The number of hydrogen-bond acceptors (Lipinski definition) is 3. The van der Waals surface area contributed by atoms with Crippen molar-refractivity contribution >= 4 is 15.7 Å². The Labute approximate surface area is 109 Å². The van der Waals surface area contributed by atoms with E-state index in [1.807, 2.05) is 31.2 Å². The highest BCUT2D eigenvalue weighted by Gasteiger charge is 2.31. The summed E-state index contributed by atoms with van der Waals surface area (Å²) in [5.74, 6) is 0.645. The Bertz CT molecular complexity index is 492. The highest BCUT2D eigenvalue weighted by molar-refractivity contribution is 7.92. The monoisotopic (exact) mass is 268 g/mol. The molecule has 5 heteroatoms. The van der Waals surface area contributed by atoms with Crippen LogP contribution >= 0.6 is 0 Å². The van der Waals surface area contributed by atoms with Crippen molar-refractivity contribution in [2.75, 3.05) is 16.6 Å². The highest BCUT2D eigenvalue weighted by Crippen LogP contribution is 2.32. The molecule has 0 radical (unpaired) electrons. The second-order valence-electron chi connectivity index (χ2n) is 4.76. The molecule has 0 amide bonds. The van der Waals surface area contributed by atoms with Gasteiger partial charge in [-0.1, -0.05) is 12.1 Å². The first-order chi connectivity index (χ1) is 8.56. The SMILES string of the molecule is CCN(c1ccc(CN)cc1)S(=O)(=O)CC1CC1. The van der Waals surface area contributed by atoms with Gasteiger partial charge in [-0.05, 0) is 43.4 Å². The average Bonchev–Trinajstić information content (AvgIpc) is 3.13. The largest absolute Gasteiger partial charge is 0.326 e. The molecule has 1 aliphatic rings. The fourth-order valence-corrected chi connectivity index (χ4v) is 3.96. The van der Waals surface area contributed by atoms with Gasteiger partial charge in [-0.25, -0.2) is 8.42 Å². The van der Waals surface area contributed by atoms with E-state index in [2.05, 4.69) is 0 Å². The van der Waals surface area contributed by atoms with Crippen molar-refractivity contribution in [3.63, 3.8) is 0 Å². The van der Waals surface area contributed by atoms with Crippen LogP contribution < -0.4 is 10.0 Å². The molecule has 2 rings (SSSR count). The van der Waals surface area contributed by atoms with Gasteiger partial charge in [-0.2, -0.15) is 0 Å². The fraction of sp³-hybridized carbons (Fsp3) is 0.538. The van der Waals surface area contributed by atoms with Crippen molar-refractivity contribution in [1.29, 1.82) is 0 Å². The third-order valence-corrected chi connectivity index (χ3v) is 5.26. The number of benzene rings is 1. The van der Waals surface area contributed by atoms with E-state index in [-0.39, 0.29) is 5.75 Å². The van der Waals surface area contributed by atoms with Crippen molar-refractivity contribution in [2.45, 2.75) is 26.3 Å². The summed E-state index contributed by atoms with van der Waals surface area (Å²) in [7, 11) is -3.18. The Morgan fingerprint density at radius 1 is 1.28 bits per heavy atom. The summed E-state index contributed by atoms with van der Waals surface area (Å²) >= 11 is 0. The zero-order valence-electron chi connectivity index (χ0n) is 10.7. The second-order valence-corrected chi connectivity index (χ2v) is 6.70. The second kappa shape index (κ2) is 5.28. The first-order valence-corrected chi connectivity index (χ1v) is 7.97. The minimum Gasteiger partial charge on any atom is -0.326 e. The molecular formula is C13H20N2O2S. The van der Waals surface area contributed by atoms with Crippen LogP contribution in [0.25, 0.3) is 0 Å². The fourth-order valence-electron chi connectivity index (χ4n) is 2.01. The van der Waals surface area contributed by atoms with Crippen molar-refractivity contribution in [2.24, 2.45) is 11.7 Å². The van der Waals surface area contributed by atoms with Gasteiger partial charge in [0, 0.05) is 13.1 Å². The van der Waals surface area contributed by atoms with Crippen molar-refractivity contribution in [3.05, 3.63) is 29.8 Å². The van der Waals surface area contributed by atoms with Gasteiger partial charge >= 0.3 is 0 Å².